The molecule has 0 amide bonds. The second kappa shape index (κ2) is 11.6. The molecule has 2 N–H and O–H groups in total. The van der Waals surface area contributed by atoms with E-state index in [0.717, 1.165) is 49.7 Å². The van der Waals surface area contributed by atoms with Crippen molar-refractivity contribution >= 4 is 43.7 Å². The predicted molar refractivity (Wildman–Crippen MR) is 161 cm³/mol. The van der Waals surface area contributed by atoms with Gasteiger partial charge in [-0.1, -0.05) is 52.3 Å². The van der Waals surface area contributed by atoms with Gasteiger partial charge in [-0.15, -0.1) is 15.9 Å². The van der Waals surface area contributed by atoms with E-state index in [0.29, 0.717) is 24.6 Å². The van der Waals surface area contributed by atoms with Crippen LogP contribution in [0.5, 0.6) is 0 Å². The Hall–Kier alpha value is -2.76. The molecule has 2 heterocycles. The molecule has 8 nitrogen and oxygen atoms in total. The Morgan fingerprint density at radius 3 is 2.67 bits per heavy atom. The van der Waals surface area contributed by atoms with Gasteiger partial charge in [0.1, 0.15) is 5.52 Å². The van der Waals surface area contributed by atoms with Crippen LogP contribution < -0.4 is 0 Å². The summed E-state index contributed by atoms with van der Waals surface area (Å²) >= 11 is 3.52. The van der Waals surface area contributed by atoms with Crippen LogP contribution in [-0.4, -0.2) is 47.5 Å². The van der Waals surface area contributed by atoms with E-state index in [4.69, 9.17) is 4.74 Å². The van der Waals surface area contributed by atoms with Gasteiger partial charge < -0.3 is 4.74 Å². The summed E-state index contributed by atoms with van der Waals surface area (Å²) in [6.45, 7) is 7.21. The fourth-order valence-corrected chi connectivity index (χ4v) is 7.73. The van der Waals surface area contributed by atoms with E-state index in [2.05, 4.69) is 39.2 Å². The van der Waals surface area contributed by atoms with Crippen LogP contribution in [0.15, 0.2) is 64.0 Å². The molecule has 1 aliphatic rings. The van der Waals surface area contributed by atoms with Crippen molar-refractivity contribution in [2.45, 2.75) is 51.0 Å². The van der Waals surface area contributed by atoms with Gasteiger partial charge in [0, 0.05) is 30.5 Å². The molecule has 4 aromatic rings. The van der Waals surface area contributed by atoms with E-state index in [-0.39, 0.29) is 24.2 Å². The average Bonchev–Trinajstić information content (AvgIpc) is 3.24. The lowest BCUT2D eigenvalue weighted by molar-refractivity contribution is -0.143. The first kappa shape index (κ1) is 28.8. The summed E-state index contributed by atoms with van der Waals surface area (Å²) in [4.78, 5) is 13.3. The van der Waals surface area contributed by atoms with Crippen LogP contribution in [0.4, 0.5) is 0 Å². The second-order valence-electron chi connectivity index (χ2n) is 10.6. The van der Waals surface area contributed by atoms with E-state index in [1.54, 1.807) is 11.6 Å². The Morgan fingerprint density at radius 2 is 1.90 bits per heavy atom. The molecule has 212 valence electrons. The van der Waals surface area contributed by atoms with E-state index < -0.39 is 10.8 Å². The van der Waals surface area contributed by atoms with Gasteiger partial charge in [-0.25, -0.2) is 4.68 Å². The maximum absolute atomic E-state index is 12.7. The Bertz CT molecular complexity index is 1560. The molecule has 5 rings (SSSR count). The SMILES string of the molecule is CCOC(=O)CC(c1ccc(C)c(CN2CC(C)Cc3cc(Br)ccc3S2(O)O)c1)c1ccc2c(c1)nnn2C. The monoisotopic (exact) mass is 626 g/mol. The Labute approximate surface area is 244 Å². The van der Waals surface area contributed by atoms with Crippen molar-refractivity contribution in [3.05, 3.63) is 86.9 Å². The lowest BCUT2D eigenvalue weighted by Gasteiger charge is -2.43. The summed E-state index contributed by atoms with van der Waals surface area (Å²) in [5, 5.41) is 8.39. The highest BCUT2D eigenvalue weighted by Crippen LogP contribution is 2.56. The summed E-state index contributed by atoms with van der Waals surface area (Å²) in [5.41, 5.74) is 6.58. The predicted octanol–water partition coefficient (Wildman–Crippen LogP) is 6.84. The first-order valence-electron chi connectivity index (χ1n) is 13.4. The molecule has 0 spiro atoms. The summed E-state index contributed by atoms with van der Waals surface area (Å²) in [5.74, 6) is -0.293. The molecule has 1 aromatic heterocycles. The van der Waals surface area contributed by atoms with Gasteiger partial charge in [0.05, 0.1) is 23.4 Å². The van der Waals surface area contributed by atoms with Crippen LogP contribution in [0.25, 0.3) is 11.0 Å². The van der Waals surface area contributed by atoms with Crippen molar-refractivity contribution in [3.8, 4) is 0 Å². The van der Waals surface area contributed by atoms with E-state index in [1.807, 2.05) is 66.8 Å². The number of hydrogen-bond acceptors (Lipinski definition) is 7. The lowest BCUT2D eigenvalue weighted by atomic mass is 9.86. The molecular formula is C30H35BrN4O4S. The number of aromatic nitrogens is 3. The third kappa shape index (κ3) is 5.82. The van der Waals surface area contributed by atoms with E-state index in [9.17, 15) is 13.9 Å². The number of halogens is 1. The topological polar surface area (TPSA) is 101 Å². The number of nitrogens with zero attached hydrogens (tertiary/aromatic N) is 4. The molecule has 10 heteroatoms. The van der Waals surface area contributed by atoms with Crippen molar-refractivity contribution in [1.82, 2.24) is 19.3 Å². The van der Waals surface area contributed by atoms with Crippen LogP contribution in [0.1, 0.15) is 54.0 Å². The Balaban J connectivity index is 1.52. The Kier molecular flexibility index (Phi) is 8.35. The number of esters is 1. The highest BCUT2D eigenvalue weighted by atomic mass is 79.9. The fourth-order valence-electron chi connectivity index (χ4n) is 5.52. The number of hydrogen-bond donors (Lipinski definition) is 2. The molecule has 0 saturated carbocycles. The largest absolute Gasteiger partial charge is 0.466 e. The molecule has 0 bridgehead atoms. The molecule has 3 aromatic carbocycles. The van der Waals surface area contributed by atoms with Crippen molar-refractivity contribution in [1.29, 1.82) is 0 Å². The molecule has 2 unspecified atom stereocenters. The lowest BCUT2D eigenvalue weighted by Crippen LogP contribution is -2.30. The van der Waals surface area contributed by atoms with Gasteiger partial charge in [0.25, 0.3) is 0 Å². The van der Waals surface area contributed by atoms with Gasteiger partial charge in [0.15, 0.2) is 0 Å². The number of carbonyl (C=O) groups is 1. The highest BCUT2D eigenvalue weighted by Gasteiger charge is 2.33. The number of carbonyl (C=O) groups excluding carboxylic acids is 1. The Morgan fingerprint density at radius 1 is 1.15 bits per heavy atom. The molecular weight excluding hydrogens is 592 g/mol. The molecule has 40 heavy (non-hydrogen) atoms. The summed E-state index contributed by atoms with van der Waals surface area (Å²) in [6, 6.07) is 17.8. The van der Waals surface area contributed by atoms with E-state index >= 15 is 0 Å². The second-order valence-corrected chi connectivity index (χ2v) is 13.5. The minimum Gasteiger partial charge on any atom is -0.466 e. The van der Waals surface area contributed by atoms with Crippen LogP contribution in [0.2, 0.25) is 0 Å². The zero-order valence-electron chi connectivity index (χ0n) is 23.2. The quantitative estimate of drug-likeness (QED) is 0.216. The van der Waals surface area contributed by atoms with Crippen molar-refractivity contribution < 1.29 is 18.6 Å². The summed E-state index contributed by atoms with van der Waals surface area (Å²) < 4.78 is 32.9. The summed E-state index contributed by atoms with van der Waals surface area (Å²) in [6.07, 6.45) is 0.951. The van der Waals surface area contributed by atoms with Gasteiger partial charge in [0.2, 0.25) is 0 Å². The van der Waals surface area contributed by atoms with Gasteiger partial charge >= 0.3 is 5.97 Å². The smallest absolute Gasteiger partial charge is 0.306 e. The molecule has 0 fully saturated rings. The van der Waals surface area contributed by atoms with Crippen molar-refractivity contribution in [2.75, 3.05) is 13.2 Å². The molecule has 0 aliphatic carbocycles. The molecule has 2 atom stereocenters. The molecule has 0 radical (unpaired) electrons. The maximum atomic E-state index is 12.7. The average molecular weight is 628 g/mol. The standard InChI is InChI=1S/C30H35BrN4O4S/c1-5-39-30(36)16-26(22-8-10-28-27(15-22)32-33-34(28)4)21-7-6-20(3)24(13-21)18-35-17-19(2)12-23-14-25(31)9-11-29(23)40(35,37)38/h6-11,13-15,19,26,37-38H,5,12,16-18H2,1-4H3. The zero-order chi connectivity index (χ0) is 28.6. The highest BCUT2D eigenvalue weighted by molar-refractivity contribution is 9.10. The third-order valence-corrected chi connectivity index (χ3v) is 10.1. The first-order valence-corrected chi connectivity index (χ1v) is 15.7. The van der Waals surface area contributed by atoms with Gasteiger partial charge in [-0.3, -0.25) is 13.9 Å². The van der Waals surface area contributed by atoms with Crippen LogP contribution in [0, 0.1) is 12.8 Å². The van der Waals surface area contributed by atoms with E-state index in [1.165, 1.54) is 0 Å². The number of benzene rings is 3. The first-order chi connectivity index (χ1) is 19.1. The number of fused-ring (bicyclic) bond motifs is 2. The van der Waals surface area contributed by atoms with Gasteiger partial charge in [-0.2, -0.15) is 4.31 Å². The number of rotatable bonds is 7. The minimum atomic E-state index is -3.20. The minimum absolute atomic E-state index is 0.181. The van der Waals surface area contributed by atoms with Crippen molar-refractivity contribution in [3.63, 3.8) is 0 Å². The zero-order valence-corrected chi connectivity index (χ0v) is 25.6. The number of ether oxygens (including phenoxy) is 1. The normalized spacial score (nSPS) is 18.6. The van der Waals surface area contributed by atoms with Crippen LogP contribution in [-0.2, 0) is 29.5 Å². The fraction of sp³-hybridized carbons (Fsp3) is 0.367. The number of aryl methyl sites for hydroxylation is 2. The van der Waals surface area contributed by atoms with Gasteiger partial charge in [-0.05, 0) is 84.3 Å². The van der Waals surface area contributed by atoms with Crippen LogP contribution >= 0.6 is 26.7 Å². The molecule has 0 saturated heterocycles. The summed E-state index contributed by atoms with van der Waals surface area (Å²) in [7, 11) is -1.35. The van der Waals surface area contributed by atoms with Crippen LogP contribution in [0.3, 0.4) is 0 Å². The molecule has 1 aliphatic heterocycles. The van der Waals surface area contributed by atoms with Crippen molar-refractivity contribution in [2.24, 2.45) is 13.0 Å². The third-order valence-electron chi connectivity index (χ3n) is 7.60. The maximum Gasteiger partial charge on any atom is 0.306 e.